The van der Waals surface area contributed by atoms with Crippen molar-refractivity contribution >= 4 is 11.6 Å². The maximum absolute atomic E-state index is 12.9. The van der Waals surface area contributed by atoms with Crippen LogP contribution in [0, 0.1) is 5.82 Å². The summed E-state index contributed by atoms with van der Waals surface area (Å²) in [5.41, 5.74) is 0.987. The zero-order valence-corrected chi connectivity index (χ0v) is 11.7. The average Bonchev–Trinajstić information content (AvgIpc) is 2.48. The third-order valence-corrected chi connectivity index (χ3v) is 2.92. The van der Waals surface area contributed by atoms with Crippen molar-refractivity contribution in [2.75, 3.05) is 31.4 Å². The molecule has 1 aromatic carbocycles. The van der Waals surface area contributed by atoms with Crippen LogP contribution < -0.4 is 15.0 Å². The van der Waals surface area contributed by atoms with E-state index in [-0.39, 0.29) is 5.82 Å². The fourth-order valence-corrected chi connectivity index (χ4v) is 1.94. The minimum atomic E-state index is -0.242. The lowest BCUT2D eigenvalue weighted by Crippen LogP contribution is -2.19. The molecule has 1 N–H and O–H groups in total. The smallest absolute Gasteiger partial charge is 0.204 e. The number of ether oxygens (including phenoxy) is 1. The normalized spacial score (nSPS) is 10.2. The number of aromatic nitrogens is 2. The van der Waals surface area contributed by atoms with Gasteiger partial charge in [-0.25, -0.2) is 14.4 Å². The summed E-state index contributed by atoms with van der Waals surface area (Å²) >= 11 is 0. The number of benzene rings is 1. The van der Waals surface area contributed by atoms with Gasteiger partial charge in [-0.1, -0.05) is 12.1 Å². The molecule has 0 aliphatic carbocycles. The molecule has 1 aromatic heterocycles. The molecule has 0 aliphatic rings. The monoisotopic (exact) mass is 276 g/mol. The molecule has 0 saturated carbocycles. The van der Waals surface area contributed by atoms with Crippen molar-refractivity contribution in [2.24, 2.45) is 0 Å². The topological polar surface area (TPSA) is 50.3 Å². The van der Waals surface area contributed by atoms with E-state index in [4.69, 9.17) is 4.74 Å². The largest absolute Gasteiger partial charge is 0.490 e. The highest BCUT2D eigenvalue weighted by atomic mass is 19.1. The number of hydrogen-bond donors (Lipinski definition) is 1. The number of rotatable bonds is 5. The summed E-state index contributed by atoms with van der Waals surface area (Å²) < 4.78 is 18.3. The Labute approximate surface area is 117 Å². The Bertz CT molecular complexity index is 574. The molecule has 0 spiro atoms. The van der Waals surface area contributed by atoms with Crippen LogP contribution >= 0.6 is 0 Å². The fourth-order valence-electron chi connectivity index (χ4n) is 1.94. The van der Waals surface area contributed by atoms with E-state index < -0.39 is 0 Å². The molecule has 0 amide bonds. The molecular formula is C14H17FN4O. The number of nitrogens with zero attached hydrogens (tertiary/aromatic N) is 3. The summed E-state index contributed by atoms with van der Waals surface area (Å²) in [6, 6.07) is 6.38. The predicted octanol–water partition coefficient (Wildman–Crippen LogP) is 2.30. The van der Waals surface area contributed by atoms with E-state index in [0.29, 0.717) is 23.9 Å². The average molecular weight is 276 g/mol. The summed E-state index contributed by atoms with van der Waals surface area (Å²) in [5.74, 6) is 1.65. The Morgan fingerprint density at radius 1 is 1.25 bits per heavy atom. The van der Waals surface area contributed by atoms with Gasteiger partial charge in [-0.05, 0) is 17.7 Å². The van der Waals surface area contributed by atoms with E-state index in [0.717, 1.165) is 5.56 Å². The lowest BCUT2D eigenvalue weighted by Gasteiger charge is -2.21. The highest BCUT2D eigenvalue weighted by Crippen LogP contribution is 2.31. The first-order chi connectivity index (χ1) is 9.65. The minimum Gasteiger partial charge on any atom is -0.490 e. The molecule has 0 unspecified atom stereocenters. The summed E-state index contributed by atoms with van der Waals surface area (Å²) in [4.78, 5) is 10.3. The molecular weight excluding hydrogens is 259 g/mol. The molecule has 2 aromatic rings. The van der Waals surface area contributed by atoms with Crippen LogP contribution in [-0.4, -0.2) is 31.2 Å². The van der Waals surface area contributed by atoms with Gasteiger partial charge in [0.05, 0.1) is 7.11 Å². The van der Waals surface area contributed by atoms with Gasteiger partial charge < -0.3 is 15.0 Å². The highest BCUT2D eigenvalue weighted by Gasteiger charge is 2.15. The van der Waals surface area contributed by atoms with Gasteiger partial charge >= 0.3 is 0 Å². The third-order valence-electron chi connectivity index (χ3n) is 2.92. The predicted molar refractivity (Wildman–Crippen MR) is 76.6 cm³/mol. The van der Waals surface area contributed by atoms with E-state index in [1.54, 1.807) is 26.3 Å². The molecule has 0 atom stereocenters. The van der Waals surface area contributed by atoms with Crippen molar-refractivity contribution in [3.63, 3.8) is 0 Å². The number of anilines is 2. The van der Waals surface area contributed by atoms with E-state index >= 15 is 0 Å². The van der Waals surface area contributed by atoms with Gasteiger partial charge in [-0.15, -0.1) is 0 Å². The van der Waals surface area contributed by atoms with Crippen LogP contribution in [0.25, 0.3) is 0 Å². The van der Waals surface area contributed by atoms with Crippen molar-refractivity contribution in [3.8, 4) is 5.75 Å². The second-order valence-electron chi connectivity index (χ2n) is 4.31. The highest BCUT2D eigenvalue weighted by molar-refractivity contribution is 5.64. The van der Waals surface area contributed by atoms with Crippen molar-refractivity contribution in [1.82, 2.24) is 9.97 Å². The summed E-state index contributed by atoms with van der Waals surface area (Å²) in [5, 5.41) is 2.96. The second kappa shape index (κ2) is 6.18. The van der Waals surface area contributed by atoms with Gasteiger partial charge in [-0.3, -0.25) is 0 Å². The zero-order valence-electron chi connectivity index (χ0n) is 11.7. The number of nitrogens with one attached hydrogen (secondary N) is 1. The van der Waals surface area contributed by atoms with Gasteiger partial charge in [0.2, 0.25) is 5.75 Å². The zero-order chi connectivity index (χ0) is 14.5. The quantitative estimate of drug-likeness (QED) is 0.908. The second-order valence-corrected chi connectivity index (χ2v) is 4.31. The fraction of sp³-hybridized carbons (Fsp3) is 0.286. The van der Waals surface area contributed by atoms with Crippen LogP contribution in [-0.2, 0) is 6.54 Å². The SMILES string of the molecule is CNc1ncnc(N(C)Cc2ccc(F)cc2)c1OC. The van der Waals surface area contributed by atoms with Crippen LogP contribution in [0.3, 0.4) is 0 Å². The maximum Gasteiger partial charge on any atom is 0.204 e. The number of halogens is 1. The first kappa shape index (κ1) is 14.0. The van der Waals surface area contributed by atoms with Crippen LogP contribution in [0.4, 0.5) is 16.0 Å². The molecule has 1 heterocycles. The van der Waals surface area contributed by atoms with Crippen LogP contribution in [0.2, 0.25) is 0 Å². The summed E-state index contributed by atoms with van der Waals surface area (Å²) in [7, 11) is 5.25. The summed E-state index contributed by atoms with van der Waals surface area (Å²) in [6.45, 7) is 0.594. The molecule has 106 valence electrons. The molecule has 0 saturated heterocycles. The van der Waals surface area contributed by atoms with Gasteiger partial charge in [0.15, 0.2) is 11.6 Å². The van der Waals surface area contributed by atoms with Crippen LogP contribution in [0.15, 0.2) is 30.6 Å². The standard InChI is InChI=1S/C14H17FN4O/c1-16-13-12(20-3)14(18-9-17-13)19(2)8-10-4-6-11(15)7-5-10/h4-7,9H,8H2,1-3H3,(H,16,17,18). The van der Waals surface area contributed by atoms with Gasteiger partial charge in [0.25, 0.3) is 0 Å². The number of methoxy groups -OCH3 is 1. The minimum absolute atomic E-state index is 0.242. The van der Waals surface area contributed by atoms with Crippen LogP contribution in [0.5, 0.6) is 5.75 Å². The first-order valence-corrected chi connectivity index (χ1v) is 6.18. The molecule has 0 radical (unpaired) electrons. The van der Waals surface area contributed by atoms with Crippen molar-refractivity contribution in [1.29, 1.82) is 0 Å². The molecule has 2 rings (SSSR count). The van der Waals surface area contributed by atoms with E-state index in [1.807, 2.05) is 11.9 Å². The molecule has 5 nitrogen and oxygen atoms in total. The van der Waals surface area contributed by atoms with E-state index in [2.05, 4.69) is 15.3 Å². The van der Waals surface area contributed by atoms with E-state index in [9.17, 15) is 4.39 Å². The van der Waals surface area contributed by atoms with Gasteiger partial charge in [0.1, 0.15) is 12.1 Å². The third kappa shape index (κ3) is 2.96. The number of hydrogen-bond acceptors (Lipinski definition) is 5. The molecule has 20 heavy (non-hydrogen) atoms. The van der Waals surface area contributed by atoms with E-state index in [1.165, 1.54) is 18.5 Å². The molecule has 0 bridgehead atoms. The Morgan fingerprint density at radius 3 is 2.55 bits per heavy atom. The van der Waals surface area contributed by atoms with Crippen molar-refractivity contribution in [2.45, 2.75) is 6.54 Å². The Hall–Kier alpha value is -2.37. The van der Waals surface area contributed by atoms with Gasteiger partial charge in [0, 0.05) is 20.6 Å². The lowest BCUT2D eigenvalue weighted by atomic mass is 10.2. The van der Waals surface area contributed by atoms with Gasteiger partial charge in [-0.2, -0.15) is 0 Å². The Morgan fingerprint density at radius 2 is 1.95 bits per heavy atom. The van der Waals surface area contributed by atoms with Crippen molar-refractivity contribution < 1.29 is 9.13 Å². The first-order valence-electron chi connectivity index (χ1n) is 6.18. The maximum atomic E-state index is 12.9. The molecule has 6 heteroatoms. The summed E-state index contributed by atoms with van der Waals surface area (Å²) in [6.07, 6.45) is 1.48. The lowest BCUT2D eigenvalue weighted by molar-refractivity contribution is 0.413. The van der Waals surface area contributed by atoms with Crippen molar-refractivity contribution in [3.05, 3.63) is 42.0 Å². The Kier molecular flexibility index (Phi) is 4.34. The Balaban J connectivity index is 2.24. The van der Waals surface area contributed by atoms with Crippen LogP contribution in [0.1, 0.15) is 5.56 Å². The molecule has 0 aliphatic heterocycles. The molecule has 0 fully saturated rings.